The number of halogens is 1. The molecule has 0 saturated carbocycles. The number of rotatable bonds is 12. The van der Waals surface area contributed by atoms with Gasteiger partial charge in [-0.05, 0) is 49.2 Å². The van der Waals surface area contributed by atoms with Crippen molar-refractivity contribution in [2.24, 2.45) is 5.14 Å². The van der Waals surface area contributed by atoms with Gasteiger partial charge < -0.3 is 0 Å². The number of hydrogen-bond donors (Lipinski definition) is 2. The van der Waals surface area contributed by atoms with Gasteiger partial charge in [0, 0.05) is 43.0 Å². The standard InChI is InChI=1S/C25H28FN5O4S2/c26-25-20(9-8-14-28-25)17-30(16-7-6-15-29-37(27,34)35)18-21-19-31(24-13-5-4-12-23(21)24)36(32,33)22-10-2-1-3-11-22/h1-5,8-14,19,29H,6-7,15-18H2,(H2,27,34,35). The summed E-state index contributed by atoms with van der Waals surface area (Å²) >= 11 is 0. The van der Waals surface area contributed by atoms with Crippen molar-refractivity contribution in [2.45, 2.75) is 30.8 Å². The Hall–Kier alpha value is -3.16. The Bertz CT molecular complexity index is 1580. The number of nitrogens with two attached hydrogens (primary N) is 1. The van der Waals surface area contributed by atoms with Crippen LogP contribution in [0.3, 0.4) is 0 Å². The molecular weight excluding hydrogens is 517 g/mol. The molecule has 0 aliphatic rings. The number of para-hydroxylation sites is 1. The number of aromatic nitrogens is 2. The number of unbranched alkanes of at least 4 members (excludes halogenated alkanes) is 1. The molecule has 9 nitrogen and oxygen atoms in total. The summed E-state index contributed by atoms with van der Waals surface area (Å²) in [6, 6.07) is 18.8. The van der Waals surface area contributed by atoms with E-state index in [1.807, 2.05) is 17.0 Å². The smallest absolute Gasteiger partial charge is 0.274 e. The molecule has 2 aromatic carbocycles. The van der Waals surface area contributed by atoms with Gasteiger partial charge in [0.05, 0.1) is 10.4 Å². The minimum absolute atomic E-state index is 0.180. The van der Waals surface area contributed by atoms with Crippen LogP contribution in [-0.4, -0.2) is 43.8 Å². The highest BCUT2D eigenvalue weighted by molar-refractivity contribution is 7.90. The van der Waals surface area contributed by atoms with Gasteiger partial charge in [-0.1, -0.05) is 42.5 Å². The van der Waals surface area contributed by atoms with Crippen molar-refractivity contribution in [3.8, 4) is 0 Å². The highest BCUT2D eigenvalue weighted by Crippen LogP contribution is 2.27. The van der Waals surface area contributed by atoms with E-state index in [1.54, 1.807) is 60.8 Å². The molecule has 0 spiro atoms. The van der Waals surface area contributed by atoms with Gasteiger partial charge in [0.2, 0.25) is 5.95 Å². The molecule has 0 saturated heterocycles. The summed E-state index contributed by atoms with van der Waals surface area (Å²) in [5.74, 6) is -0.572. The zero-order valence-corrected chi connectivity index (χ0v) is 21.6. The first-order chi connectivity index (χ1) is 17.6. The number of fused-ring (bicyclic) bond motifs is 1. The number of nitrogens with zero attached hydrogens (tertiary/aromatic N) is 3. The molecule has 4 rings (SSSR count). The van der Waals surface area contributed by atoms with Crippen LogP contribution in [-0.2, 0) is 33.3 Å². The topological polar surface area (TPSA) is 127 Å². The van der Waals surface area contributed by atoms with Gasteiger partial charge in [-0.25, -0.2) is 27.2 Å². The van der Waals surface area contributed by atoms with Gasteiger partial charge in [-0.2, -0.15) is 12.8 Å². The third kappa shape index (κ3) is 6.79. The minimum atomic E-state index is -3.83. The SMILES string of the molecule is NS(=O)(=O)NCCCCN(Cc1cccnc1F)Cc1cn(S(=O)(=O)c2ccccc2)c2ccccc12. The lowest BCUT2D eigenvalue weighted by molar-refractivity contribution is 0.248. The molecule has 0 bridgehead atoms. The first kappa shape index (κ1) is 26.9. The number of nitrogens with one attached hydrogen (secondary N) is 1. The summed E-state index contributed by atoms with van der Waals surface area (Å²) in [5, 5.41) is 5.75. The molecule has 0 unspecified atom stereocenters. The Balaban J connectivity index is 1.63. The number of hydrogen-bond acceptors (Lipinski definition) is 6. The second kappa shape index (κ2) is 11.5. The summed E-state index contributed by atoms with van der Waals surface area (Å²) in [4.78, 5) is 5.89. The maximum atomic E-state index is 14.4. The number of pyridine rings is 1. The van der Waals surface area contributed by atoms with E-state index < -0.39 is 26.2 Å². The van der Waals surface area contributed by atoms with Crippen LogP contribution >= 0.6 is 0 Å². The van der Waals surface area contributed by atoms with E-state index in [2.05, 4.69) is 9.71 Å². The van der Waals surface area contributed by atoms with Crippen LogP contribution in [0.25, 0.3) is 10.9 Å². The normalized spacial score (nSPS) is 12.4. The first-order valence-electron chi connectivity index (χ1n) is 11.6. The fourth-order valence-corrected chi connectivity index (χ4v) is 6.00. The predicted molar refractivity (Wildman–Crippen MR) is 140 cm³/mol. The Morgan fingerprint density at radius 1 is 0.892 bits per heavy atom. The van der Waals surface area contributed by atoms with Gasteiger partial charge in [0.1, 0.15) is 0 Å². The minimum Gasteiger partial charge on any atom is -0.295 e. The lowest BCUT2D eigenvalue weighted by Crippen LogP contribution is -2.32. The summed E-state index contributed by atoms with van der Waals surface area (Å²) in [6.45, 7) is 1.27. The van der Waals surface area contributed by atoms with E-state index in [4.69, 9.17) is 5.14 Å². The maximum absolute atomic E-state index is 14.4. The monoisotopic (exact) mass is 545 g/mol. The van der Waals surface area contributed by atoms with Crippen LogP contribution in [0.2, 0.25) is 0 Å². The molecule has 0 atom stereocenters. The summed E-state index contributed by atoms with van der Waals surface area (Å²) < 4.78 is 67.0. The Kier molecular flexibility index (Phi) is 8.35. The molecule has 0 radical (unpaired) electrons. The second-order valence-electron chi connectivity index (χ2n) is 8.60. The van der Waals surface area contributed by atoms with Crippen molar-refractivity contribution in [3.63, 3.8) is 0 Å². The van der Waals surface area contributed by atoms with Crippen molar-refractivity contribution >= 4 is 31.1 Å². The highest BCUT2D eigenvalue weighted by Gasteiger charge is 2.22. The van der Waals surface area contributed by atoms with Gasteiger partial charge in [0.15, 0.2) is 0 Å². The van der Waals surface area contributed by atoms with Gasteiger partial charge in [-0.3, -0.25) is 4.90 Å². The fraction of sp³-hybridized carbons (Fsp3) is 0.240. The second-order valence-corrected chi connectivity index (χ2v) is 11.8. The summed E-state index contributed by atoms with van der Waals surface area (Å²) in [7, 11) is -7.60. The maximum Gasteiger partial charge on any atom is 0.274 e. The van der Waals surface area contributed by atoms with Crippen LogP contribution < -0.4 is 9.86 Å². The van der Waals surface area contributed by atoms with E-state index in [1.165, 1.54) is 10.2 Å². The van der Waals surface area contributed by atoms with Crippen LogP contribution in [0.4, 0.5) is 4.39 Å². The largest absolute Gasteiger partial charge is 0.295 e. The summed E-state index contributed by atoms with van der Waals surface area (Å²) in [5.41, 5.74) is 1.72. The lowest BCUT2D eigenvalue weighted by atomic mass is 10.1. The Morgan fingerprint density at radius 2 is 1.59 bits per heavy atom. The molecule has 0 fully saturated rings. The number of benzene rings is 2. The van der Waals surface area contributed by atoms with E-state index in [0.717, 1.165) is 10.9 Å². The van der Waals surface area contributed by atoms with Crippen LogP contribution in [0.1, 0.15) is 24.0 Å². The van der Waals surface area contributed by atoms with Gasteiger partial charge >= 0.3 is 0 Å². The molecule has 12 heteroatoms. The van der Waals surface area contributed by atoms with Gasteiger partial charge in [0.25, 0.3) is 20.2 Å². The molecule has 2 heterocycles. The van der Waals surface area contributed by atoms with Crippen molar-refractivity contribution in [3.05, 3.63) is 96.2 Å². The van der Waals surface area contributed by atoms with Gasteiger partial charge in [-0.15, -0.1) is 0 Å². The zero-order chi connectivity index (χ0) is 26.5. The van der Waals surface area contributed by atoms with E-state index >= 15 is 0 Å². The molecule has 2 aromatic heterocycles. The average molecular weight is 546 g/mol. The molecule has 0 amide bonds. The van der Waals surface area contributed by atoms with Crippen LogP contribution in [0, 0.1) is 5.95 Å². The highest BCUT2D eigenvalue weighted by atomic mass is 32.2. The van der Waals surface area contributed by atoms with Crippen molar-refractivity contribution in [1.82, 2.24) is 18.6 Å². The molecular formula is C25H28FN5O4S2. The van der Waals surface area contributed by atoms with Crippen molar-refractivity contribution < 1.29 is 21.2 Å². The predicted octanol–water partition coefficient (Wildman–Crippen LogP) is 2.99. The Labute approximate surface area is 216 Å². The quantitative estimate of drug-likeness (QED) is 0.208. The molecule has 196 valence electrons. The molecule has 0 aliphatic carbocycles. The third-order valence-electron chi connectivity index (χ3n) is 5.89. The van der Waals surface area contributed by atoms with Crippen LogP contribution in [0.15, 0.2) is 84.0 Å². The van der Waals surface area contributed by atoms with Crippen molar-refractivity contribution in [2.75, 3.05) is 13.1 Å². The zero-order valence-electron chi connectivity index (χ0n) is 20.0. The lowest BCUT2D eigenvalue weighted by Gasteiger charge is -2.22. The fourth-order valence-electron chi connectivity index (χ4n) is 4.16. The van der Waals surface area contributed by atoms with E-state index in [-0.39, 0.29) is 18.0 Å². The molecule has 4 aromatic rings. The van der Waals surface area contributed by atoms with Crippen LogP contribution in [0.5, 0.6) is 0 Å². The van der Waals surface area contributed by atoms with Crippen molar-refractivity contribution in [1.29, 1.82) is 0 Å². The van der Waals surface area contributed by atoms with E-state index in [9.17, 15) is 21.2 Å². The molecule has 0 aliphatic heterocycles. The van der Waals surface area contributed by atoms with E-state index in [0.29, 0.717) is 37.0 Å². The molecule has 3 N–H and O–H groups in total. The average Bonchev–Trinajstić information content (AvgIpc) is 3.24. The third-order valence-corrected chi connectivity index (χ3v) is 8.18. The molecule has 37 heavy (non-hydrogen) atoms. The Morgan fingerprint density at radius 3 is 2.32 bits per heavy atom. The first-order valence-corrected chi connectivity index (χ1v) is 14.6. The summed E-state index contributed by atoms with van der Waals surface area (Å²) in [6.07, 6.45) is 4.12.